The monoisotopic (exact) mass is 270 g/mol. The van der Waals surface area contributed by atoms with E-state index in [2.05, 4.69) is 71.1 Å². The zero-order valence-corrected chi connectivity index (χ0v) is 13.8. The molecule has 1 aromatic carbocycles. The number of pyridine rings is 1. The summed E-state index contributed by atoms with van der Waals surface area (Å²) in [6.07, 6.45) is 0. The van der Waals surface area contributed by atoms with Crippen LogP contribution >= 0.6 is 0 Å². The highest BCUT2D eigenvalue weighted by atomic mass is 14.8. The van der Waals surface area contributed by atoms with E-state index in [1.54, 1.807) is 0 Å². The van der Waals surface area contributed by atoms with Gasteiger partial charge < -0.3 is 5.32 Å². The Morgan fingerprint density at radius 1 is 0.900 bits per heavy atom. The van der Waals surface area contributed by atoms with E-state index in [0.717, 1.165) is 16.9 Å². The van der Waals surface area contributed by atoms with Crippen molar-refractivity contribution >= 4 is 16.6 Å². The molecule has 1 aromatic heterocycles. The Kier molecular flexibility index (Phi) is 3.53. The molecule has 0 saturated carbocycles. The highest BCUT2D eigenvalue weighted by Crippen LogP contribution is 2.32. The van der Waals surface area contributed by atoms with Crippen molar-refractivity contribution < 1.29 is 0 Å². The summed E-state index contributed by atoms with van der Waals surface area (Å²) < 4.78 is 0. The van der Waals surface area contributed by atoms with Gasteiger partial charge in [0.1, 0.15) is 0 Å². The molecule has 0 aliphatic carbocycles. The maximum atomic E-state index is 4.84. The molecule has 2 aromatic rings. The molecule has 0 atom stereocenters. The van der Waals surface area contributed by atoms with E-state index in [1.165, 1.54) is 10.9 Å². The number of benzene rings is 1. The summed E-state index contributed by atoms with van der Waals surface area (Å²) in [6.45, 7) is 13.3. The van der Waals surface area contributed by atoms with Crippen molar-refractivity contribution in [3.63, 3.8) is 0 Å². The number of hydrogen-bond acceptors (Lipinski definition) is 2. The second-order valence-electron chi connectivity index (χ2n) is 7.54. The molecule has 0 bridgehead atoms. The SMILES string of the molecule is CNc1cc(C(C)(C)C)nc2ccc(C(C)(C)C)cc12. The third-order valence-corrected chi connectivity index (χ3v) is 3.71. The van der Waals surface area contributed by atoms with Crippen molar-refractivity contribution in [3.05, 3.63) is 35.5 Å². The minimum atomic E-state index is 0.0580. The van der Waals surface area contributed by atoms with Crippen LogP contribution in [-0.2, 0) is 10.8 Å². The van der Waals surface area contributed by atoms with Crippen LogP contribution in [0.25, 0.3) is 10.9 Å². The van der Waals surface area contributed by atoms with Gasteiger partial charge in [0, 0.05) is 29.2 Å². The molecular weight excluding hydrogens is 244 g/mol. The number of aromatic nitrogens is 1. The van der Waals surface area contributed by atoms with Crippen molar-refractivity contribution in [1.29, 1.82) is 0 Å². The van der Waals surface area contributed by atoms with Gasteiger partial charge in [-0.1, -0.05) is 47.6 Å². The number of nitrogens with zero attached hydrogens (tertiary/aromatic N) is 1. The predicted molar refractivity (Wildman–Crippen MR) is 88.7 cm³/mol. The molecule has 1 N–H and O–H groups in total. The van der Waals surface area contributed by atoms with Crippen LogP contribution in [0.3, 0.4) is 0 Å². The summed E-state index contributed by atoms with van der Waals surface area (Å²) in [6, 6.07) is 8.78. The largest absolute Gasteiger partial charge is 0.388 e. The molecule has 2 heteroatoms. The first-order chi connectivity index (χ1) is 9.13. The van der Waals surface area contributed by atoms with Gasteiger partial charge in [0.2, 0.25) is 0 Å². The van der Waals surface area contributed by atoms with Crippen molar-refractivity contribution in [2.75, 3.05) is 12.4 Å². The fourth-order valence-electron chi connectivity index (χ4n) is 2.28. The first kappa shape index (κ1) is 14.8. The molecule has 20 heavy (non-hydrogen) atoms. The molecule has 0 aliphatic rings. The fraction of sp³-hybridized carbons (Fsp3) is 0.500. The lowest BCUT2D eigenvalue weighted by atomic mass is 9.85. The first-order valence-electron chi connectivity index (χ1n) is 7.26. The molecule has 0 unspecified atom stereocenters. The molecule has 2 nitrogen and oxygen atoms in total. The van der Waals surface area contributed by atoms with Crippen LogP contribution < -0.4 is 5.32 Å². The highest BCUT2D eigenvalue weighted by molar-refractivity contribution is 5.92. The molecule has 0 aliphatic heterocycles. The standard InChI is InChI=1S/C18H26N2/c1-17(2,3)12-8-9-14-13(10-12)15(19-7)11-16(20-14)18(4,5)6/h8-11H,1-7H3,(H,19,20). The van der Waals surface area contributed by atoms with Gasteiger partial charge in [0.05, 0.1) is 5.52 Å². The lowest BCUT2D eigenvalue weighted by Gasteiger charge is -2.22. The summed E-state index contributed by atoms with van der Waals surface area (Å²) in [4.78, 5) is 4.84. The zero-order chi connectivity index (χ0) is 15.1. The van der Waals surface area contributed by atoms with E-state index in [9.17, 15) is 0 Å². The van der Waals surface area contributed by atoms with Crippen LogP contribution in [0.5, 0.6) is 0 Å². The summed E-state index contributed by atoms with van der Waals surface area (Å²) in [5.74, 6) is 0. The topological polar surface area (TPSA) is 24.9 Å². The highest BCUT2D eigenvalue weighted by Gasteiger charge is 2.19. The number of nitrogens with one attached hydrogen (secondary N) is 1. The Morgan fingerprint density at radius 3 is 2.05 bits per heavy atom. The quantitative estimate of drug-likeness (QED) is 0.799. The summed E-state index contributed by atoms with van der Waals surface area (Å²) in [7, 11) is 1.98. The van der Waals surface area contributed by atoms with Gasteiger partial charge in [-0.3, -0.25) is 4.98 Å². The molecule has 0 saturated heterocycles. The Labute approximate surface area is 122 Å². The van der Waals surface area contributed by atoms with Gasteiger partial charge in [-0.25, -0.2) is 0 Å². The fourth-order valence-corrected chi connectivity index (χ4v) is 2.28. The average molecular weight is 270 g/mol. The van der Waals surface area contributed by atoms with Crippen molar-refractivity contribution in [2.45, 2.75) is 52.4 Å². The maximum Gasteiger partial charge on any atom is 0.0726 e. The number of hydrogen-bond donors (Lipinski definition) is 1. The molecule has 108 valence electrons. The van der Waals surface area contributed by atoms with E-state index >= 15 is 0 Å². The lowest BCUT2D eigenvalue weighted by molar-refractivity contribution is 0.571. The molecule has 2 rings (SSSR count). The third-order valence-electron chi connectivity index (χ3n) is 3.71. The van der Waals surface area contributed by atoms with E-state index in [1.807, 2.05) is 7.05 Å². The lowest BCUT2D eigenvalue weighted by Crippen LogP contribution is -2.15. The Hall–Kier alpha value is -1.57. The van der Waals surface area contributed by atoms with Crippen molar-refractivity contribution in [2.24, 2.45) is 0 Å². The van der Waals surface area contributed by atoms with Gasteiger partial charge in [-0.15, -0.1) is 0 Å². The van der Waals surface area contributed by atoms with Gasteiger partial charge in [-0.2, -0.15) is 0 Å². The molecule has 0 amide bonds. The van der Waals surface area contributed by atoms with E-state index in [4.69, 9.17) is 4.98 Å². The third kappa shape index (κ3) is 2.79. The first-order valence-corrected chi connectivity index (χ1v) is 7.26. The van der Waals surface area contributed by atoms with Crippen LogP contribution in [0, 0.1) is 0 Å². The number of rotatable bonds is 1. The average Bonchev–Trinajstić information content (AvgIpc) is 2.34. The second kappa shape index (κ2) is 4.76. The molecule has 1 heterocycles. The smallest absolute Gasteiger partial charge is 0.0726 e. The predicted octanol–water partition coefficient (Wildman–Crippen LogP) is 4.87. The Bertz CT molecular complexity index is 628. The number of anilines is 1. The summed E-state index contributed by atoms with van der Waals surface area (Å²) in [5.41, 5.74) is 4.90. The molecular formula is C18H26N2. The summed E-state index contributed by atoms with van der Waals surface area (Å²) in [5, 5.41) is 4.52. The van der Waals surface area contributed by atoms with Gasteiger partial charge >= 0.3 is 0 Å². The van der Waals surface area contributed by atoms with Crippen LogP contribution in [0.4, 0.5) is 5.69 Å². The van der Waals surface area contributed by atoms with Crippen LogP contribution in [0.1, 0.15) is 52.8 Å². The van der Waals surface area contributed by atoms with E-state index in [-0.39, 0.29) is 10.8 Å². The van der Waals surface area contributed by atoms with Gasteiger partial charge in [-0.05, 0) is 29.2 Å². The van der Waals surface area contributed by atoms with Crippen LogP contribution in [0.2, 0.25) is 0 Å². The van der Waals surface area contributed by atoms with E-state index in [0.29, 0.717) is 0 Å². The van der Waals surface area contributed by atoms with Crippen LogP contribution in [-0.4, -0.2) is 12.0 Å². The van der Waals surface area contributed by atoms with Crippen molar-refractivity contribution in [3.8, 4) is 0 Å². The maximum absolute atomic E-state index is 4.84. The minimum Gasteiger partial charge on any atom is -0.388 e. The Balaban J connectivity index is 2.71. The van der Waals surface area contributed by atoms with Crippen LogP contribution in [0.15, 0.2) is 24.3 Å². The summed E-state index contributed by atoms with van der Waals surface area (Å²) >= 11 is 0. The molecule has 0 radical (unpaired) electrons. The number of fused-ring (bicyclic) bond motifs is 1. The minimum absolute atomic E-state index is 0.0580. The Morgan fingerprint density at radius 2 is 1.55 bits per heavy atom. The van der Waals surface area contributed by atoms with E-state index < -0.39 is 0 Å². The normalized spacial score (nSPS) is 12.8. The second-order valence-corrected chi connectivity index (χ2v) is 7.54. The van der Waals surface area contributed by atoms with Crippen molar-refractivity contribution in [1.82, 2.24) is 4.98 Å². The molecule has 0 spiro atoms. The molecule has 0 fully saturated rings. The zero-order valence-electron chi connectivity index (χ0n) is 13.8. The van der Waals surface area contributed by atoms with Gasteiger partial charge in [0.15, 0.2) is 0 Å². The van der Waals surface area contributed by atoms with Gasteiger partial charge in [0.25, 0.3) is 0 Å².